The summed E-state index contributed by atoms with van der Waals surface area (Å²) in [6.07, 6.45) is 3.78. The molecule has 0 saturated carbocycles. The van der Waals surface area contributed by atoms with Gasteiger partial charge in [-0.3, -0.25) is 4.79 Å². The van der Waals surface area contributed by atoms with Crippen LogP contribution in [0.15, 0.2) is 77.9 Å². The molecule has 21 heavy (non-hydrogen) atoms. The van der Waals surface area contributed by atoms with Crippen molar-refractivity contribution in [2.24, 2.45) is 0 Å². The summed E-state index contributed by atoms with van der Waals surface area (Å²) in [5, 5.41) is 1.62. The number of hydrogen-bond acceptors (Lipinski definition) is 2. The minimum Gasteiger partial charge on any atom is -0.303 e. The van der Waals surface area contributed by atoms with Crippen molar-refractivity contribution in [1.82, 2.24) is 9.38 Å². The van der Waals surface area contributed by atoms with E-state index < -0.39 is 0 Å². The molecule has 3 heteroatoms. The van der Waals surface area contributed by atoms with Gasteiger partial charge >= 0.3 is 0 Å². The predicted molar refractivity (Wildman–Crippen MR) is 84.4 cm³/mol. The molecule has 0 fully saturated rings. The molecule has 0 atom stereocenters. The summed E-state index contributed by atoms with van der Waals surface area (Å²) < 4.78 is 1.80. The lowest BCUT2D eigenvalue weighted by molar-refractivity contribution is 1.20. The second kappa shape index (κ2) is 4.56. The fourth-order valence-corrected chi connectivity index (χ4v) is 2.55. The van der Waals surface area contributed by atoms with Gasteiger partial charge < -0.3 is 4.40 Å². The van der Waals surface area contributed by atoms with Crippen LogP contribution in [0.4, 0.5) is 0 Å². The van der Waals surface area contributed by atoms with Crippen molar-refractivity contribution in [3.05, 3.63) is 83.3 Å². The van der Waals surface area contributed by atoms with Crippen molar-refractivity contribution in [2.45, 2.75) is 0 Å². The van der Waals surface area contributed by atoms with Crippen molar-refractivity contribution >= 4 is 16.4 Å². The number of rotatable bonds is 1. The molecule has 0 amide bonds. The molecule has 4 aromatic rings. The van der Waals surface area contributed by atoms with Gasteiger partial charge in [0.1, 0.15) is 0 Å². The Morgan fingerprint density at radius 2 is 1.62 bits per heavy atom. The molecule has 3 nitrogen and oxygen atoms in total. The van der Waals surface area contributed by atoms with Crippen molar-refractivity contribution < 1.29 is 0 Å². The summed E-state index contributed by atoms with van der Waals surface area (Å²) in [5.41, 5.74) is 2.23. The number of fused-ring (bicyclic) bond motifs is 2. The average Bonchev–Trinajstić information content (AvgIpc) is 2.92. The third-order valence-corrected chi connectivity index (χ3v) is 3.63. The summed E-state index contributed by atoms with van der Waals surface area (Å²) in [6.45, 7) is 0. The van der Waals surface area contributed by atoms with E-state index >= 15 is 0 Å². The van der Waals surface area contributed by atoms with Crippen LogP contribution in [0, 0.1) is 0 Å². The van der Waals surface area contributed by atoms with E-state index in [1.807, 2.05) is 73.1 Å². The summed E-state index contributed by atoms with van der Waals surface area (Å²) in [6, 6.07) is 19.4. The van der Waals surface area contributed by atoms with E-state index in [9.17, 15) is 4.79 Å². The summed E-state index contributed by atoms with van der Waals surface area (Å²) in [7, 11) is 0. The Bertz CT molecular complexity index is 1000. The second-order valence-electron chi connectivity index (χ2n) is 4.96. The zero-order valence-corrected chi connectivity index (χ0v) is 11.2. The highest BCUT2D eigenvalue weighted by molar-refractivity contribution is 5.84. The lowest BCUT2D eigenvalue weighted by Crippen LogP contribution is -2.01. The number of imidazole rings is 1. The lowest BCUT2D eigenvalue weighted by atomic mass is 10.2. The van der Waals surface area contributed by atoms with Gasteiger partial charge in [-0.25, -0.2) is 4.98 Å². The molecular weight excluding hydrogens is 260 g/mol. The molecular formula is C18H12N2O. The third-order valence-electron chi connectivity index (χ3n) is 3.63. The van der Waals surface area contributed by atoms with Crippen molar-refractivity contribution in [3.63, 3.8) is 0 Å². The SMILES string of the molecule is O=c1c2ccccc2ccn2cc(-c3ccccc3)nc12. The van der Waals surface area contributed by atoms with Crippen molar-refractivity contribution in [3.8, 4) is 11.3 Å². The van der Waals surface area contributed by atoms with Crippen LogP contribution in [0.1, 0.15) is 0 Å². The number of benzene rings is 2. The van der Waals surface area contributed by atoms with Crippen LogP contribution >= 0.6 is 0 Å². The molecule has 2 aromatic heterocycles. The molecule has 0 aliphatic carbocycles. The summed E-state index contributed by atoms with van der Waals surface area (Å²) in [5.74, 6) is 0. The first-order chi connectivity index (χ1) is 10.3. The number of aromatic nitrogens is 2. The fourth-order valence-electron chi connectivity index (χ4n) is 2.55. The van der Waals surface area contributed by atoms with E-state index in [0.717, 1.165) is 16.6 Å². The Hall–Kier alpha value is -2.94. The Balaban J connectivity index is 2.08. The van der Waals surface area contributed by atoms with Gasteiger partial charge in [0.05, 0.1) is 5.69 Å². The Kier molecular flexibility index (Phi) is 2.57. The maximum atomic E-state index is 12.6. The van der Waals surface area contributed by atoms with Crippen LogP contribution in [0.25, 0.3) is 27.7 Å². The van der Waals surface area contributed by atoms with Crippen molar-refractivity contribution in [2.75, 3.05) is 0 Å². The highest BCUT2D eigenvalue weighted by Gasteiger charge is 2.07. The van der Waals surface area contributed by atoms with E-state index in [1.54, 1.807) is 4.40 Å². The molecule has 0 aliphatic rings. The van der Waals surface area contributed by atoms with Gasteiger partial charge in [-0.05, 0) is 11.5 Å². The molecule has 0 radical (unpaired) electrons. The molecule has 0 N–H and O–H groups in total. The van der Waals surface area contributed by atoms with Gasteiger partial charge in [0.2, 0.25) is 5.43 Å². The molecule has 0 aliphatic heterocycles. The Labute approximate surface area is 121 Å². The molecule has 0 bridgehead atoms. The summed E-state index contributed by atoms with van der Waals surface area (Å²) >= 11 is 0. The van der Waals surface area contributed by atoms with Gasteiger partial charge in [-0.15, -0.1) is 0 Å². The van der Waals surface area contributed by atoms with Crippen LogP contribution < -0.4 is 5.43 Å². The first kappa shape index (κ1) is 11.9. The maximum absolute atomic E-state index is 12.6. The molecule has 0 unspecified atom stereocenters. The normalized spacial score (nSPS) is 11.0. The van der Waals surface area contributed by atoms with Crippen LogP contribution in [0.3, 0.4) is 0 Å². The first-order valence-corrected chi connectivity index (χ1v) is 6.79. The van der Waals surface area contributed by atoms with E-state index in [4.69, 9.17) is 0 Å². The van der Waals surface area contributed by atoms with Gasteiger partial charge in [0, 0.05) is 23.3 Å². The maximum Gasteiger partial charge on any atom is 0.229 e. The topological polar surface area (TPSA) is 34.4 Å². The minimum atomic E-state index is -0.0437. The van der Waals surface area contributed by atoms with Gasteiger partial charge in [0.15, 0.2) is 5.65 Å². The second-order valence-corrected chi connectivity index (χ2v) is 4.96. The fraction of sp³-hybridized carbons (Fsp3) is 0. The molecule has 2 heterocycles. The Morgan fingerprint density at radius 1 is 0.857 bits per heavy atom. The summed E-state index contributed by atoms with van der Waals surface area (Å²) in [4.78, 5) is 17.2. The average molecular weight is 272 g/mol. The lowest BCUT2D eigenvalue weighted by Gasteiger charge is -1.93. The van der Waals surface area contributed by atoms with Crippen LogP contribution in [-0.4, -0.2) is 9.38 Å². The van der Waals surface area contributed by atoms with Crippen LogP contribution in [-0.2, 0) is 0 Å². The van der Waals surface area contributed by atoms with Crippen LogP contribution in [0.5, 0.6) is 0 Å². The molecule has 0 saturated heterocycles. The highest BCUT2D eigenvalue weighted by Crippen LogP contribution is 2.18. The van der Waals surface area contributed by atoms with E-state index in [-0.39, 0.29) is 5.43 Å². The van der Waals surface area contributed by atoms with E-state index in [2.05, 4.69) is 4.98 Å². The van der Waals surface area contributed by atoms with E-state index in [0.29, 0.717) is 11.0 Å². The van der Waals surface area contributed by atoms with Crippen LogP contribution in [0.2, 0.25) is 0 Å². The largest absolute Gasteiger partial charge is 0.303 e. The quantitative estimate of drug-likeness (QED) is 0.531. The third kappa shape index (κ3) is 1.91. The first-order valence-electron chi connectivity index (χ1n) is 6.79. The molecule has 0 spiro atoms. The number of hydrogen-bond donors (Lipinski definition) is 0. The minimum absolute atomic E-state index is 0.0437. The molecule has 2 aromatic carbocycles. The van der Waals surface area contributed by atoms with Crippen molar-refractivity contribution in [1.29, 1.82) is 0 Å². The zero-order chi connectivity index (χ0) is 14.2. The Morgan fingerprint density at radius 3 is 2.48 bits per heavy atom. The zero-order valence-electron chi connectivity index (χ0n) is 11.2. The standard InChI is InChI=1S/C18H12N2O/c21-17-15-9-5-4-6-13(15)10-11-20-12-16(19-18(17)20)14-7-2-1-3-8-14/h1-12H. The monoisotopic (exact) mass is 272 g/mol. The highest BCUT2D eigenvalue weighted by atomic mass is 16.1. The molecule has 100 valence electrons. The molecule has 4 rings (SSSR count). The van der Waals surface area contributed by atoms with Gasteiger partial charge in [-0.1, -0.05) is 54.6 Å². The van der Waals surface area contributed by atoms with Gasteiger partial charge in [-0.2, -0.15) is 0 Å². The smallest absolute Gasteiger partial charge is 0.229 e. The van der Waals surface area contributed by atoms with Gasteiger partial charge in [0.25, 0.3) is 0 Å². The predicted octanol–water partition coefficient (Wildman–Crippen LogP) is 3.51. The number of nitrogens with zero attached hydrogens (tertiary/aromatic N) is 2. The van der Waals surface area contributed by atoms with E-state index in [1.165, 1.54) is 0 Å².